The molecule has 0 aliphatic heterocycles. The van der Waals surface area contributed by atoms with Crippen molar-refractivity contribution in [3.05, 3.63) is 71.0 Å². The SMILES string of the molecule is CNC(CC(C)(NC)C(=O)c1ccc(C)cc1)C(=O)c1ccccc1F. The van der Waals surface area contributed by atoms with Crippen LogP contribution in [0.25, 0.3) is 0 Å². The van der Waals surface area contributed by atoms with Gasteiger partial charge in [0.15, 0.2) is 11.6 Å². The minimum Gasteiger partial charge on any atom is -0.310 e. The summed E-state index contributed by atoms with van der Waals surface area (Å²) in [6, 6.07) is 12.5. The maximum Gasteiger partial charge on any atom is 0.182 e. The van der Waals surface area contributed by atoms with Crippen LogP contribution in [0.3, 0.4) is 0 Å². The number of carbonyl (C=O) groups excluding carboxylic acids is 2. The first-order valence-electron chi connectivity index (χ1n) is 8.59. The molecule has 0 radical (unpaired) electrons. The summed E-state index contributed by atoms with van der Waals surface area (Å²) in [6.45, 7) is 3.71. The Morgan fingerprint density at radius 3 is 2.23 bits per heavy atom. The Labute approximate surface area is 153 Å². The Balaban J connectivity index is 2.27. The van der Waals surface area contributed by atoms with E-state index in [1.54, 1.807) is 45.3 Å². The van der Waals surface area contributed by atoms with Crippen LogP contribution in [0.15, 0.2) is 48.5 Å². The highest BCUT2D eigenvalue weighted by atomic mass is 19.1. The summed E-state index contributed by atoms with van der Waals surface area (Å²) in [5, 5.41) is 5.97. The van der Waals surface area contributed by atoms with Crippen molar-refractivity contribution >= 4 is 11.6 Å². The number of hydrogen-bond acceptors (Lipinski definition) is 4. The summed E-state index contributed by atoms with van der Waals surface area (Å²) >= 11 is 0. The van der Waals surface area contributed by atoms with Gasteiger partial charge in [-0.1, -0.05) is 42.0 Å². The average molecular weight is 356 g/mol. The number of benzene rings is 2. The summed E-state index contributed by atoms with van der Waals surface area (Å²) in [5.74, 6) is -1.04. The van der Waals surface area contributed by atoms with Crippen molar-refractivity contribution in [2.24, 2.45) is 0 Å². The number of carbonyl (C=O) groups is 2. The largest absolute Gasteiger partial charge is 0.310 e. The Morgan fingerprint density at radius 2 is 1.69 bits per heavy atom. The number of Topliss-reactive ketones (excluding diaryl/α,β-unsaturated/α-hetero) is 2. The first-order valence-corrected chi connectivity index (χ1v) is 8.59. The predicted octanol–water partition coefficient (Wildman–Crippen LogP) is 3.16. The predicted molar refractivity (Wildman–Crippen MR) is 101 cm³/mol. The molecular weight excluding hydrogens is 331 g/mol. The Morgan fingerprint density at radius 1 is 1.08 bits per heavy atom. The Bertz CT molecular complexity index is 789. The first-order chi connectivity index (χ1) is 12.3. The Kier molecular flexibility index (Phi) is 6.40. The molecule has 0 spiro atoms. The summed E-state index contributed by atoms with van der Waals surface area (Å²) in [5.41, 5.74) is 0.688. The van der Waals surface area contributed by atoms with E-state index in [0.29, 0.717) is 5.56 Å². The molecule has 2 unspecified atom stereocenters. The average Bonchev–Trinajstić information content (AvgIpc) is 2.66. The maximum absolute atomic E-state index is 14.0. The molecule has 0 saturated carbocycles. The number of likely N-dealkylation sites (N-methyl/N-ethyl adjacent to an activating group) is 2. The molecule has 2 aromatic carbocycles. The number of aryl methyl sites for hydroxylation is 1. The van der Waals surface area contributed by atoms with Gasteiger partial charge in [-0.2, -0.15) is 0 Å². The van der Waals surface area contributed by atoms with E-state index >= 15 is 0 Å². The molecule has 4 nitrogen and oxygen atoms in total. The second-order valence-corrected chi connectivity index (χ2v) is 6.67. The van der Waals surface area contributed by atoms with Crippen molar-refractivity contribution < 1.29 is 14.0 Å². The van der Waals surface area contributed by atoms with Gasteiger partial charge in [-0.25, -0.2) is 4.39 Å². The third-order valence-corrected chi connectivity index (χ3v) is 4.78. The van der Waals surface area contributed by atoms with Gasteiger partial charge < -0.3 is 10.6 Å². The maximum atomic E-state index is 14.0. The van der Waals surface area contributed by atoms with Gasteiger partial charge >= 0.3 is 0 Å². The van der Waals surface area contributed by atoms with Crippen molar-refractivity contribution in [2.45, 2.75) is 31.8 Å². The fourth-order valence-electron chi connectivity index (χ4n) is 2.91. The molecule has 2 rings (SSSR count). The molecule has 0 aromatic heterocycles. The van der Waals surface area contributed by atoms with Crippen LogP contribution in [0.5, 0.6) is 0 Å². The van der Waals surface area contributed by atoms with Gasteiger partial charge in [-0.3, -0.25) is 9.59 Å². The summed E-state index contributed by atoms with van der Waals surface area (Å²) in [4.78, 5) is 25.8. The van der Waals surface area contributed by atoms with Crippen molar-refractivity contribution in [1.82, 2.24) is 10.6 Å². The second-order valence-electron chi connectivity index (χ2n) is 6.67. The number of rotatable bonds is 8. The van der Waals surface area contributed by atoms with Crippen molar-refractivity contribution in [3.8, 4) is 0 Å². The molecule has 26 heavy (non-hydrogen) atoms. The smallest absolute Gasteiger partial charge is 0.182 e. The van der Waals surface area contributed by atoms with E-state index in [-0.39, 0.29) is 23.6 Å². The lowest BCUT2D eigenvalue weighted by atomic mass is 9.83. The lowest BCUT2D eigenvalue weighted by molar-refractivity contribution is 0.0823. The van der Waals surface area contributed by atoms with Crippen molar-refractivity contribution in [3.63, 3.8) is 0 Å². The van der Waals surface area contributed by atoms with E-state index in [4.69, 9.17) is 0 Å². The number of hydrogen-bond donors (Lipinski definition) is 2. The molecule has 2 N–H and O–H groups in total. The van der Waals surface area contributed by atoms with Crippen LogP contribution in [-0.4, -0.2) is 37.2 Å². The summed E-state index contributed by atoms with van der Waals surface area (Å²) in [6.07, 6.45) is 0.194. The van der Waals surface area contributed by atoms with E-state index in [9.17, 15) is 14.0 Å². The fourth-order valence-corrected chi connectivity index (χ4v) is 2.91. The summed E-state index contributed by atoms with van der Waals surface area (Å²) in [7, 11) is 3.32. The van der Waals surface area contributed by atoms with Gasteiger partial charge in [0.2, 0.25) is 0 Å². The van der Waals surface area contributed by atoms with Crippen molar-refractivity contribution in [2.75, 3.05) is 14.1 Å². The zero-order chi connectivity index (χ0) is 19.3. The molecule has 0 aliphatic carbocycles. The van der Waals surface area contributed by atoms with Crippen LogP contribution in [0, 0.1) is 12.7 Å². The molecule has 0 heterocycles. The fraction of sp³-hybridized carbons (Fsp3) is 0.333. The standard InChI is InChI=1S/C21H25FN2O2/c1-14-9-11-15(12-10-14)20(26)21(2,24-4)13-18(23-3)19(25)16-7-5-6-8-17(16)22/h5-12,18,23-24H,13H2,1-4H3. The third-order valence-electron chi connectivity index (χ3n) is 4.78. The van der Waals surface area contributed by atoms with E-state index in [1.807, 2.05) is 19.1 Å². The molecule has 2 aromatic rings. The number of halogens is 1. The van der Waals surface area contributed by atoms with Crippen molar-refractivity contribution in [1.29, 1.82) is 0 Å². The van der Waals surface area contributed by atoms with E-state index in [1.165, 1.54) is 12.1 Å². The van der Waals surface area contributed by atoms with Gasteiger partial charge in [0, 0.05) is 5.56 Å². The highest BCUT2D eigenvalue weighted by Gasteiger charge is 2.37. The van der Waals surface area contributed by atoms with Crippen LogP contribution in [0.2, 0.25) is 0 Å². The minimum atomic E-state index is -0.968. The van der Waals surface area contributed by atoms with Gasteiger partial charge in [0.25, 0.3) is 0 Å². The molecule has 0 aliphatic rings. The van der Waals surface area contributed by atoms with E-state index in [0.717, 1.165) is 5.56 Å². The topological polar surface area (TPSA) is 58.2 Å². The van der Waals surface area contributed by atoms with Gasteiger partial charge in [0.1, 0.15) is 5.82 Å². The number of ketones is 2. The normalized spacial score (nSPS) is 14.5. The molecular formula is C21H25FN2O2. The van der Waals surface area contributed by atoms with Gasteiger partial charge in [-0.15, -0.1) is 0 Å². The quantitative estimate of drug-likeness (QED) is 0.714. The summed E-state index contributed by atoms with van der Waals surface area (Å²) < 4.78 is 14.0. The molecule has 0 fully saturated rings. The van der Waals surface area contributed by atoms with Crippen LogP contribution in [0.1, 0.15) is 39.6 Å². The molecule has 0 bridgehead atoms. The monoisotopic (exact) mass is 356 g/mol. The highest BCUT2D eigenvalue weighted by Crippen LogP contribution is 2.22. The number of nitrogens with one attached hydrogen (secondary N) is 2. The van der Waals surface area contributed by atoms with Crippen LogP contribution in [-0.2, 0) is 0 Å². The van der Waals surface area contributed by atoms with Crippen LogP contribution in [0.4, 0.5) is 4.39 Å². The molecule has 2 atom stereocenters. The molecule has 5 heteroatoms. The van der Waals surface area contributed by atoms with Gasteiger partial charge in [-0.05, 0) is 46.5 Å². The third kappa shape index (κ3) is 4.23. The molecule has 138 valence electrons. The lowest BCUT2D eigenvalue weighted by Gasteiger charge is -2.31. The van der Waals surface area contributed by atoms with E-state index in [2.05, 4.69) is 10.6 Å². The lowest BCUT2D eigenvalue weighted by Crippen LogP contribution is -2.53. The zero-order valence-corrected chi connectivity index (χ0v) is 15.6. The van der Waals surface area contributed by atoms with Gasteiger partial charge in [0.05, 0.1) is 17.1 Å². The Hall–Kier alpha value is -2.37. The van der Waals surface area contributed by atoms with Crippen LogP contribution < -0.4 is 10.6 Å². The first kappa shape index (κ1) is 19.9. The molecule has 0 amide bonds. The van der Waals surface area contributed by atoms with E-state index < -0.39 is 17.4 Å². The van der Waals surface area contributed by atoms with Crippen LogP contribution >= 0.6 is 0 Å². The highest BCUT2D eigenvalue weighted by molar-refractivity contribution is 6.05. The zero-order valence-electron chi connectivity index (χ0n) is 15.6. The molecule has 0 saturated heterocycles. The minimum absolute atomic E-state index is 0.0214. The second kappa shape index (κ2) is 8.34.